The Labute approximate surface area is 123 Å². The van der Waals surface area contributed by atoms with Crippen LogP contribution < -0.4 is 10.1 Å². The summed E-state index contributed by atoms with van der Waals surface area (Å²) in [7, 11) is 0. The van der Waals surface area contributed by atoms with Crippen LogP contribution in [0, 0.1) is 5.92 Å². The maximum absolute atomic E-state index is 10.8. The fourth-order valence-electron chi connectivity index (χ4n) is 1.73. The van der Waals surface area contributed by atoms with Crippen LogP contribution in [0.25, 0.3) is 0 Å². The predicted molar refractivity (Wildman–Crippen MR) is 79.8 cm³/mol. The molecule has 2 rings (SSSR count). The zero-order chi connectivity index (χ0) is 15.2. The van der Waals surface area contributed by atoms with Crippen LogP contribution in [0.2, 0.25) is 0 Å². The third-order valence-corrected chi connectivity index (χ3v) is 2.78. The molecule has 0 amide bonds. The largest absolute Gasteiger partial charge is 0.493 e. The molecule has 0 aliphatic carbocycles. The molecule has 21 heavy (non-hydrogen) atoms. The summed E-state index contributed by atoms with van der Waals surface area (Å²) in [5.41, 5.74) is 1.05. The Bertz CT molecular complexity index is 604. The molecule has 1 aromatic heterocycles. The zero-order valence-electron chi connectivity index (χ0n) is 12.1. The van der Waals surface area contributed by atoms with E-state index in [4.69, 9.17) is 14.3 Å². The average molecular weight is 289 g/mol. The standard InChI is InChI=1S/C16H19NO4/c1-11(2)9-20-14-5-3-4-13(7-14)17-8-15-6-12(10-21-15)16(18)19/h3-7,10-11,17H,8-9H2,1-2H3,(H,18,19). The number of ether oxygens (including phenoxy) is 1. The second-order valence-corrected chi connectivity index (χ2v) is 5.19. The number of benzene rings is 1. The summed E-state index contributed by atoms with van der Waals surface area (Å²) in [5.74, 6) is 0.855. The first kappa shape index (κ1) is 15.0. The van der Waals surface area contributed by atoms with Gasteiger partial charge in [0.05, 0.1) is 18.7 Å². The summed E-state index contributed by atoms with van der Waals surface area (Å²) in [6, 6.07) is 9.15. The van der Waals surface area contributed by atoms with Crippen molar-refractivity contribution in [1.82, 2.24) is 0 Å². The van der Waals surface area contributed by atoms with Crippen molar-refractivity contribution in [2.75, 3.05) is 11.9 Å². The number of nitrogens with one attached hydrogen (secondary N) is 1. The molecule has 1 heterocycles. The maximum atomic E-state index is 10.8. The molecule has 0 saturated carbocycles. The fourth-order valence-corrected chi connectivity index (χ4v) is 1.73. The number of carboxylic acid groups (broad SMARTS) is 1. The third-order valence-electron chi connectivity index (χ3n) is 2.78. The summed E-state index contributed by atoms with van der Waals surface area (Å²) >= 11 is 0. The maximum Gasteiger partial charge on any atom is 0.338 e. The Morgan fingerprint density at radius 2 is 2.19 bits per heavy atom. The van der Waals surface area contributed by atoms with E-state index in [9.17, 15) is 4.79 Å². The van der Waals surface area contributed by atoms with Gasteiger partial charge in [0.25, 0.3) is 0 Å². The number of furan rings is 1. The van der Waals surface area contributed by atoms with Gasteiger partial charge in [0.2, 0.25) is 0 Å². The van der Waals surface area contributed by atoms with Gasteiger partial charge in [-0.25, -0.2) is 4.79 Å². The van der Waals surface area contributed by atoms with E-state index in [1.54, 1.807) is 0 Å². The minimum absolute atomic E-state index is 0.154. The first-order chi connectivity index (χ1) is 10.0. The van der Waals surface area contributed by atoms with Crippen molar-refractivity contribution < 1.29 is 19.1 Å². The molecule has 0 spiro atoms. The van der Waals surface area contributed by atoms with Gasteiger partial charge in [-0.2, -0.15) is 0 Å². The second-order valence-electron chi connectivity index (χ2n) is 5.19. The van der Waals surface area contributed by atoms with Gasteiger partial charge in [-0.15, -0.1) is 0 Å². The van der Waals surface area contributed by atoms with Crippen LogP contribution in [-0.2, 0) is 6.54 Å². The van der Waals surface area contributed by atoms with Crippen LogP contribution in [0.3, 0.4) is 0 Å². The molecular weight excluding hydrogens is 270 g/mol. The van der Waals surface area contributed by atoms with Crippen molar-refractivity contribution in [1.29, 1.82) is 0 Å². The Hall–Kier alpha value is -2.43. The lowest BCUT2D eigenvalue weighted by molar-refractivity contribution is 0.0696. The van der Waals surface area contributed by atoms with Gasteiger partial charge in [0.1, 0.15) is 17.8 Å². The normalized spacial score (nSPS) is 10.6. The molecule has 2 aromatic rings. The van der Waals surface area contributed by atoms with Gasteiger partial charge in [0.15, 0.2) is 0 Å². The van der Waals surface area contributed by atoms with E-state index >= 15 is 0 Å². The molecule has 0 bridgehead atoms. The van der Waals surface area contributed by atoms with E-state index in [1.807, 2.05) is 24.3 Å². The highest BCUT2D eigenvalue weighted by Crippen LogP contribution is 2.19. The minimum atomic E-state index is -0.992. The molecular formula is C16H19NO4. The van der Waals surface area contributed by atoms with E-state index in [2.05, 4.69) is 19.2 Å². The van der Waals surface area contributed by atoms with Crippen LogP contribution in [0.15, 0.2) is 41.0 Å². The SMILES string of the molecule is CC(C)COc1cccc(NCc2cc(C(=O)O)co2)c1. The highest BCUT2D eigenvalue weighted by Gasteiger charge is 2.08. The molecule has 112 valence electrons. The van der Waals surface area contributed by atoms with Gasteiger partial charge in [-0.1, -0.05) is 19.9 Å². The molecule has 5 heteroatoms. The lowest BCUT2D eigenvalue weighted by Gasteiger charge is -2.10. The van der Waals surface area contributed by atoms with Crippen LogP contribution >= 0.6 is 0 Å². The van der Waals surface area contributed by atoms with E-state index < -0.39 is 5.97 Å². The number of hydrogen-bond acceptors (Lipinski definition) is 4. The van der Waals surface area contributed by atoms with Crippen LogP contribution in [0.5, 0.6) is 5.75 Å². The monoisotopic (exact) mass is 289 g/mol. The Balaban J connectivity index is 1.93. The summed E-state index contributed by atoms with van der Waals surface area (Å²) in [6.45, 7) is 5.28. The van der Waals surface area contributed by atoms with Gasteiger partial charge >= 0.3 is 5.97 Å². The Kier molecular flexibility index (Phi) is 4.87. The van der Waals surface area contributed by atoms with Crippen LogP contribution in [-0.4, -0.2) is 17.7 Å². The van der Waals surface area contributed by atoms with Crippen molar-refractivity contribution in [3.8, 4) is 5.75 Å². The molecule has 0 unspecified atom stereocenters. The predicted octanol–water partition coefficient (Wildman–Crippen LogP) is 3.62. The lowest BCUT2D eigenvalue weighted by atomic mass is 10.2. The summed E-state index contributed by atoms with van der Waals surface area (Å²) < 4.78 is 10.8. The van der Waals surface area contributed by atoms with Crippen molar-refractivity contribution in [3.63, 3.8) is 0 Å². The highest BCUT2D eigenvalue weighted by atomic mass is 16.5. The first-order valence-electron chi connectivity index (χ1n) is 6.82. The molecule has 0 fully saturated rings. The van der Waals surface area contributed by atoms with E-state index in [1.165, 1.54) is 12.3 Å². The van der Waals surface area contributed by atoms with E-state index in [0.29, 0.717) is 24.8 Å². The van der Waals surface area contributed by atoms with Crippen molar-refractivity contribution in [3.05, 3.63) is 47.9 Å². The number of anilines is 1. The number of carbonyl (C=O) groups is 1. The molecule has 0 radical (unpaired) electrons. The average Bonchev–Trinajstić information content (AvgIpc) is 2.92. The summed E-state index contributed by atoms with van der Waals surface area (Å²) in [5, 5.41) is 12.0. The Morgan fingerprint density at radius 1 is 1.38 bits per heavy atom. The highest BCUT2D eigenvalue weighted by molar-refractivity contribution is 5.87. The molecule has 2 N–H and O–H groups in total. The summed E-state index contributed by atoms with van der Waals surface area (Å²) in [4.78, 5) is 10.8. The molecule has 0 aliphatic rings. The molecule has 0 saturated heterocycles. The molecule has 0 aliphatic heterocycles. The smallest absolute Gasteiger partial charge is 0.338 e. The van der Waals surface area contributed by atoms with E-state index in [0.717, 1.165) is 11.4 Å². The van der Waals surface area contributed by atoms with Gasteiger partial charge in [-0.05, 0) is 24.1 Å². The van der Waals surface area contributed by atoms with E-state index in [-0.39, 0.29) is 5.56 Å². The van der Waals surface area contributed by atoms with Crippen LogP contribution in [0.1, 0.15) is 30.0 Å². The fraction of sp³-hybridized carbons (Fsp3) is 0.312. The third kappa shape index (κ3) is 4.56. The quantitative estimate of drug-likeness (QED) is 0.814. The number of carboxylic acids is 1. The molecule has 5 nitrogen and oxygen atoms in total. The Morgan fingerprint density at radius 3 is 2.86 bits per heavy atom. The van der Waals surface area contributed by atoms with Crippen molar-refractivity contribution >= 4 is 11.7 Å². The summed E-state index contributed by atoms with van der Waals surface area (Å²) in [6.07, 6.45) is 1.24. The van der Waals surface area contributed by atoms with Gasteiger partial charge in [0, 0.05) is 11.8 Å². The zero-order valence-corrected chi connectivity index (χ0v) is 12.1. The van der Waals surface area contributed by atoms with Crippen molar-refractivity contribution in [2.45, 2.75) is 20.4 Å². The molecule has 1 aromatic carbocycles. The van der Waals surface area contributed by atoms with Gasteiger partial charge < -0.3 is 19.6 Å². The van der Waals surface area contributed by atoms with Gasteiger partial charge in [-0.3, -0.25) is 0 Å². The van der Waals surface area contributed by atoms with Crippen LogP contribution in [0.4, 0.5) is 5.69 Å². The lowest BCUT2D eigenvalue weighted by Crippen LogP contribution is -2.05. The first-order valence-corrected chi connectivity index (χ1v) is 6.82. The minimum Gasteiger partial charge on any atom is -0.493 e. The number of rotatable bonds is 7. The topological polar surface area (TPSA) is 71.7 Å². The number of aromatic carboxylic acids is 1. The number of hydrogen-bond donors (Lipinski definition) is 2. The second kappa shape index (κ2) is 6.83. The molecule has 0 atom stereocenters. The van der Waals surface area contributed by atoms with Crippen molar-refractivity contribution in [2.24, 2.45) is 5.92 Å².